The van der Waals surface area contributed by atoms with Gasteiger partial charge in [-0.15, -0.1) is 0 Å². The average Bonchev–Trinajstić information content (AvgIpc) is 2.97. The first-order valence-electron chi connectivity index (χ1n) is 8.14. The molecule has 0 radical (unpaired) electrons. The van der Waals surface area contributed by atoms with Crippen LogP contribution in [0.5, 0.6) is 0 Å². The maximum Gasteiger partial charge on any atom is 0.305 e. The fourth-order valence-corrected chi connectivity index (χ4v) is 2.99. The molecule has 5 heteroatoms. The molecule has 3 aromatic rings. The van der Waals surface area contributed by atoms with Gasteiger partial charge in [-0.3, -0.25) is 9.59 Å². The number of aromatic nitrogens is 1. The van der Waals surface area contributed by atoms with E-state index in [0.717, 1.165) is 22.0 Å². The van der Waals surface area contributed by atoms with Gasteiger partial charge in [-0.25, -0.2) is 0 Å². The van der Waals surface area contributed by atoms with E-state index in [2.05, 4.69) is 5.32 Å². The maximum atomic E-state index is 12.5. The topological polar surface area (TPSA) is 71.3 Å². The maximum absolute atomic E-state index is 12.5. The molecule has 25 heavy (non-hydrogen) atoms. The third kappa shape index (κ3) is 4.07. The minimum atomic E-state index is -0.946. The van der Waals surface area contributed by atoms with Gasteiger partial charge in [0.25, 0.3) is 0 Å². The van der Waals surface area contributed by atoms with Gasteiger partial charge in [0.1, 0.15) is 6.54 Å². The first-order valence-corrected chi connectivity index (χ1v) is 8.14. The molecule has 0 aliphatic carbocycles. The van der Waals surface area contributed by atoms with Crippen molar-refractivity contribution in [3.8, 4) is 0 Å². The van der Waals surface area contributed by atoms with E-state index in [1.807, 2.05) is 72.3 Å². The van der Waals surface area contributed by atoms with Crippen LogP contribution in [-0.2, 0) is 16.1 Å². The first kappa shape index (κ1) is 16.8. The summed E-state index contributed by atoms with van der Waals surface area (Å²) in [6, 6.07) is 16.8. The number of aliphatic carboxylic acids is 1. The molecule has 0 bridgehead atoms. The molecule has 1 unspecified atom stereocenters. The zero-order valence-electron chi connectivity index (χ0n) is 14.0. The van der Waals surface area contributed by atoms with Crippen LogP contribution in [0.4, 0.5) is 0 Å². The molecule has 0 saturated heterocycles. The highest BCUT2D eigenvalue weighted by atomic mass is 16.4. The zero-order chi connectivity index (χ0) is 17.8. The van der Waals surface area contributed by atoms with E-state index in [9.17, 15) is 9.59 Å². The van der Waals surface area contributed by atoms with Crippen molar-refractivity contribution in [2.24, 2.45) is 0 Å². The highest BCUT2D eigenvalue weighted by Crippen LogP contribution is 2.19. The number of carbonyl (C=O) groups is 2. The number of benzene rings is 2. The summed E-state index contributed by atoms with van der Waals surface area (Å²) in [6.45, 7) is 2.09. The van der Waals surface area contributed by atoms with E-state index in [-0.39, 0.29) is 18.9 Å². The molecule has 2 aromatic carbocycles. The molecule has 128 valence electrons. The SMILES string of the molecule is Cc1cccc(C(CC(=O)O)NC(=O)Cn2ccc3ccccc32)c1. The molecule has 3 rings (SSSR count). The number of hydrogen-bond acceptors (Lipinski definition) is 2. The van der Waals surface area contributed by atoms with Crippen molar-refractivity contribution in [2.45, 2.75) is 25.9 Å². The molecule has 5 nitrogen and oxygen atoms in total. The standard InChI is InChI=1S/C20H20N2O3/c1-14-5-4-7-16(11-14)17(12-20(24)25)21-19(23)13-22-10-9-15-6-2-3-8-18(15)22/h2-11,17H,12-13H2,1H3,(H,21,23)(H,24,25). The van der Waals surface area contributed by atoms with Crippen molar-refractivity contribution < 1.29 is 14.7 Å². The summed E-state index contributed by atoms with van der Waals surface area (Å²) in [7, 11) is 0. The van der Waals surface area contributed by atoms with Crippen molar-refractivity contribution in [1.29, 1.82) is 0 Å². The van der Waals surface area contributed by atoms with E-state index in [4.69, 9.17) is 5.11 Å². The largest absolute Gasteiger partial charge is 0.481 e. The highest BCUT2D eigenvalue weighted by Gasteiger charge is 2.18. The van der Waals surface area contributed by atoms with Crippen LogP contribution in [0.1, 0.15) is 23.6 Å². The summed E-state index contributed by atoms with van der Waals surface area (Å²) in [6.07, 6.45) is 1.71. The van der Waals surface area contributed by atoms with Crippen LogP contribution in [0, 0.1) is 6.92 Å². The van der Waals surface area contributed by atoms with Gasteiger partial charge in [0.05, 0.1) is 12.5 Å². The van der Waals surface area contributed by atoms with Gasteiger partial charge in [-0.05, 0) is 30.0 Å². The van der Waals surface area contributed by atoms with Crippen molar-refractivity contribution in [1.82, 2.24) is 9.88 Å². The molecular weight excluding hydrogens is 316 g/mol. The number of rotatable bonds is 6. The molecule has 1 heterocycles. The minimum absolute atomic E-state index is 0.148. The number of nitrogens with one attached hydrogen (secondary N) is 1. The fraction of sp³-hybridized carbons (Fsp3) is 0.200. The quantitative estimate of drug-likeness (QED) is 0.726. The Morgan fingerprint density at radius 2 is 1.92 bits per heavy atom. The third-order valence-electron chi connectivity index (χ3n) is 4.15. The molecule has 2 N–H and O–H groups in total. The second kappa shape index (κ2) is 7.21. The fourth-order valence-electron chi connectivity index (χ4n) is 2.99. The van der Waals surface area contributed by atoms with Gasteiger partial charge >= 0.3 is 5.97 Å². The second-order valence-electron chi connectivity index (χ2n) is 6.13. The average molecular weight is 336 g/mol. The van der Waals surface area contributed by atoms with Crippen LogP contribution in [0.25, 0.3) is 10.9 Å². The summed E-state index contributed by atoms with van der Waals surface area (Å²) >= 11 is 0. The number of para-hydroxylation sites is 1. The summed E-state index contributed by atoms with van der Waals surface area (Å²) in [5.74, 6) is -1.16. The second-order valence-corrected chi connectivity index (χ2v) is 6.13. The van der Waals surface area contributed by atoms with Gasteiger partial charge < -0.3 is 15.0 Å². The molecule has 0 saturated carbocycles. The lowest BCUT2D eigenvalue weighted by atomic mass is 10.0. The lowest BCUT2D eigenvalue weighted by Gasteiger charge is -2.18. The first-order chi connectivity index (χ1) is 12.0. The minimum Gasteiger partial charge on any atom is -0.481 e. The van der Waals surface area contributed by atoms with Gasteiger partial charge in [-0.1, -0.05) is 48.0 Å². The van der Waals surface area contributed by atoms with Crippen LogP contribution in [0.2, 0.25) is 0 Å². The molecule has 0 aliphatic rings. The van der Waals surface area contributed by atoms with Crippen molar-refractivity contribution >= 4 is 22.8 Å². The van der Waals surface area contributed by atoms with Gasteiger partial charge in [0.15, 0.2) is 0 Å². The number of carbonyl (C=O) groups excluding carboxylic acids is 1. The normalized spacial score (nSPS) is 12.0. The van der Waals surface area contributed by atoms with E-state index in [1.165, 1.54) is 0 Å². The van der Waals surface area contributed by atoms with Gasteiger partial charge in [-0.2, -0.15) is 0 Å². The predicted octanol–water partition coefficient (Wildman–Crippen LogP) is 3.28. The third-order valence-corrected chi connectivity index (χ3v) is 4.15. The lowest BCUT2D eigenvalue weighted by Crippen LogP contribution is -2.32. The highest BCUT2D eigenvalue weighted by molar-refractivity contribution is 5.83. The Kier molecular flexibility index (Phi) is 4.84. The number of amides is 1. The monoisotopic (exact) mass is 336 g/mol. The number of carboxylic acid groups (broad SMARTS) is 1. The Morgan fingerprint density at radius 3 is 2.68 bits per heavy atom. The summed E-state index contributed by atoms with van der Waals surface area (Å²) in [4.78, 5) is 23.7. The molecule has 0 aliphatic heterocycles. The lowest BCUT2D eigenvalue weighted by molar-refractivity contribution is -0.137. The molecule has 0 spiro atoms. The van der Waals surface area contributed by atoms with Gasteiger partial charge in [0, 0.05) is 11.7 Å². The zero-order valence-corrected chi connectivity index (χ0v) is 14.0. The van der Waals surface area contributed by atoms with Crippen LogP contribution >= 0.6 is 0 Å². The summed E-state index contributed by atoms with van der Waals surface area (Å²) in [5.41, 5.74) is 2.80. The number of carboxylic acids is 1. The Bertz CT molecular complexity index is 914. The molecule has 1 atom stereocenters. The van der Waals surface area contributed by atoms with Crippen LogP contribution in [0.3, 0.4) is 0 Å². The van der Waals surface area contributed by atoms with Gasteiger partial charge in [0.2, 0.25) is 5.91 Å². The van der Waals surface area contributed by atoms with Crippen LogP contribution < -0.4 is 5.32 Å². The van der Waals surface area contributed by atoms with Crippen LogP contribution in [-0.4, -0.2) is 21.6 Å². The molecule has 1 aromatic heterocycles. The molecule has 1 amide bonds. The van der Waals surface area contributed by atoms with E-state index in [1.54, 1.807) is 0 Å². The predicted molar refractivity (Wildman–Crippen MR) is 96.3 cm³/mol. The van der Waals surface area contributed by atoms with Crippen molar-refractivity contribution in [2.75, 3.05) is 0 Å². The Labute approximate surface area is 145 Å². The summed E-state index contributed by atoms with van der Waals surface area (Å²) in [5, 5.41) is 13.1. The van der Waals surface area contributed by atoms with Crippen molar-refractivity contribution in [3.05, 3.63) is 71.9 Å². The van der Waals surface area contributed by atoms with E-state index < -0.39 is 12.0 Å². The molecular formula is C20H20N2O3. The number of aryl methyl sites for hydroxylation is 1. The summed E-state index contributed by atoms with van der Waals surface area (Å²) < 4.78 is 1.86. The Hall–Kier alpha value is -3.08. The number of hydrogen-bond donors (Lipinski definition) is 2. The molecule has 0 fully saturated rings. The Balaban J connectivity index is 1.77. The van der Waals surface area contributed by atoms with Crippen LogP contribution in [0.15, 0.2) is 60.8 Å². The van der Waals surface area contributed by atoms with E-state index >= 15 is 0 Å². The Morgan fingerprint density at radius 1 is 1.12 bits per heavy atom. The number of nitrogens with zero attached hydrogens (tertiary/aromatic N) is 1. The number of fused-ring (bicyclic) bond motifs is 1. The van der Waals surface area contributed by atoms with Crippen molar-refractivity contribution in [3.63, 3.8) is 0 Å². The smallest absolute Gasteiger partial charge is 0.305 e. The van der Waals surface area contributed by atoms with E-state index in [0.29, 0.717) is 0 Å².